The monoisotopic (exact) mass is 343 g/mol. The van der Waals surface area contributed by atoms with E-state index >= 15 is 0 Å². The quantitative estimate of drug-likeness (QED) is 0.859. The number of furan rings is 1. The Morgan fingerprint density at radius 2 is 2.04 bits per heavy atom. The van der Waals surface area contributed by atoms with Gasteiger partial charge in [0, 0.05) is 19.1 Å². The zero-order chi connectivity index (χ0) is 17.8. The van der Waals surface area contributed by atoms with Crippen LogP contribution in [0, 0.1) is 6.92 Å². The number of hydrogen-bond acceptors (Lipinski definition) is 6. The molecular formula is C18H21N3O4. The van der Waals surface area contributed by atoms with E-state index in [1.807, 2.05) is 0 Å². The van der Waals surface area contributed by atoms with Gasteiger partial charge in [0.15, 0.2) is 5.76 Å². The Morgan fingerprint density at radius 1 is 1.28 bits per heavy atom. The molecule has 0 bridgehead atoms. The number of aromatic nitrogens is 1. The number of anilines is 1. The minimum absolute atomic E-state index is 0.0696. The van der Waals surface area contributed by atoms with Gasteiger partial charge in [0.2, 0.25) is 0 Å². The van der Waals surface area contributed by atoms with Gasteiger partial charge in [-0.05, 0) is 44.0 Å². The van der Waals surface area contributed by atoms with Crippen LogP contribution in [0.15, 0.2) is 34.9 Å². The van der Waals surface area contributed by atoms with Crippen LogP contribution < -0.4 is 5.32 Å². The number of carbonyl (C=O) groups is 2. The van der Waals surface area contributed by atoms with E-state index in [2.05, 4.69) is 10.3 Å². The summed E-state index contributed by atoms with van der Waals surface area (Å²) < 4.78 is 9.90. The van der Waals surface area contributed by atoms with Gasteiger partial charge < -0.3 is 19.4 Å². The van der Waals surface area contributed by atoms with Crippen LogP contribution in [0.3, 0.4) is 0 Å². The molecule has 25 heavy (non-hydrogen) atoms. The molecule has 0 unspecified atom stereocenters. The number of likely N-dealkylation sites (tertiary alicyclic amines) is 1. The maximum atomic E-state index is 12.3. The van der Waals surface area contributed by atoms with Gasteiger partial charge in [-0.2, -0.15) is 0 Å². The number of hydrogen-bond donors (Lipinski definition) is 1. The molecule has 0 spiro atoms. The van der Waals surface area contributed by atoms with E-state index in [0.29, 0.717) is 30.1 Å². The first kappa shape index (κ1) is 17.0. The van der Waals surface area contributed by atoms with Crippen molar-refractivity contribution in [1.29, 1.82) is 0 Å². The SMILES string of the molecule is COC(=O)c1ccc(NC2CCN(C(=O)c3ccco3)CC2)nc1C. The lowest BCUT2D eigenvalue weighted by Crippen LogP contribution is -2.42. The normalized spacial score (nSPS) is 15.0. The van der Waals surface area contributed by atoms with Crippen molar-refractivity contribution in [3.8, 4) is 0 Å². The van der Waals surface area contributed by atoms with Crippen molar-refractivity contribution in [3.63, 3.8) is 0 Å². The van der Waals surface area contributed by atoms with Crippen molar-refractivity contribution in [3.05, 3.63) is 47.5 Å². The molecule has 1 saturated heterocycles. The summed E-state index contributed by atoms with van der Waals surface area (Å²) in [4.78, 5) is 30.1. The zero-order valence-corrected chi connectivity index (χ0v) is 14.3. The minimum Gasteiger partial charge on any atom is -0.465 e. The van der Waals surface area contributed by atoms with Crippen LogP contribution in [0.1, 0.15) is 39.4 Å². The molecule has 0 saturated carbocycles. The Balaban J connectivity index is 1.56. The summed E-state index contributed by atoms with van der Waals surface area (Å²) in [6, 6.07) is 7.12. The topological polar surface area (TPSA) is 84.7 Å². The second-order valence-corrected chi connectivity index (χ2v) is 6.01. The van der Waals surface area contributed by atoms with E-state index in [9.17, 15) is 9.59 Å². The van der Waals surface area contributed by atoms with Gasteiger partial charge in [-0.3, -0.25) is 4.79 Å². The van der Waals surface area contributed by atoms with Gasteiger partial charge in [-0.1, -0.05) is 0 Å². The Kier molecular flexibility index (Phi) is 5.02. The Bertz CT molecular complexity index is 750. The number of piperidine rings is 1. The van der Waals surface area contributed by atoms with E-state index in [1.165, 1.54) is 13.4 Å². The molecule has 1 fully saturated rings. The fourth-order valence-corrected chi connectivity index (χ4v) is 2.96. The molecule has 7 nitrogen and oxygen atoms in total. The molecular weight excluding hydrogens is 322 g/mol. The minimum atomic E-state index is -0.388. The molecule has 0 atom stereocenters. The number of carbonyl (C=O) groups excluding carboxylic acids is 2. The third-order valence-corrected chi connectivity index (χ3v) is 4.36. The third-order valence-electron chi connectivity index (χ3n) is 4.36. The van der Waals surface area contributed by atoms with Crippen LogP contribution in [0.4, 0.5) is 5.82 Å². The first-order valence-corrected chi connectivity index (χ1v) is 8.23. The number of rotatable bonds is 4. The van der Waals surface area contributed by atoms with E-state index < -0.39 is 0 Å². The smallest absolute Gasteiger partial charge is 0.339 e. The molecule has 132 valence electrons. The third kappa shape index (κ3) is 3.81. The van der Waals surface area contributed by atoms with E-state index in [4.69, 9.17) is 9.15 Å². The molecule has 0 radical (unpaired) electrons. The molecule has 2 aromatic rings. The molecule has 2 aromatic heterocycles. The van der Waals surface area contributed by atoms with Crippen molar-refractivity contribution in [1.82, 2.24) is 9.88 Å². The van der Waals surface area contributed by atoms with Gasteiger partial charge in [0.05, 0.1) is 24.6 Å². The van der Waals surface area contributed by atoms with Gasteiger partial charge in [-0.25, -0.2) is 9.78 Å². The highest BCUT2D eigenvalue weighted by molar-refractivity contribution is 5.91. The molecule has 3 rings (SSSR count). The second-order valence-electron chi connectivity index (χ2n) is 6.01. The lowest BCUT2D eigenvalue weighted by Gasteiger charge is -2.32. The van der Waals surface area contributed by atoms with E-state index in [0.717, 1.165) is 18.7 Å². The number of esters is 1. The number of methoxy groups -OCH3 is 1. The highest BCUT2D eigenvalue weighted by Gasteiger charge is 2.25. The molecule has 7 heteroatoms. The van der Waals surface area contributed by atoms with Gasteiger partial charge in [-0.15, -0.1) is 0 Å². The number of nitrogens with zero attached hydrogens (tertiary/aromatic N) is 2. The zero-order valence-electron chi connectivity index (χ0n) is 14.3. The van der Waals surface area contributed by atoms with Crippen molar-refractivity contribution in [2.75, 3.05) is 25.5 Å². The Hall–Kier alpha value is -2.83. The van der Waals surface area contributed by atoms with Gasteiger partial charge in [0.25, 0.3) is 5.91 Å². The van der Waals surface area contributed by atoms with Crippen molar-refractivity contribution in [2.24, 2.45) is 0 Å². The summed E-state index contributed by atoms with van der Waals surface area (Å²) in [6.45, 7) is 3.11. The predicted octanol–water partition coefficient (Wildman–Crippen LogP) is 2.49. The predicted molar refractivity (Wildman–Crippen MR) is 91.6 cm³/mol. The molecule has 1 aliphatic heterocycles. The standard InChI is InChI=1S/C18H21N3O4/c1-12-14(18(23)24-2)5-6-16(19-12)20-13-7-9-21(10-8-13)17(22)15-4-3-11-25-15/h3-6,11,13H,7-10H2,1-2H3,(H,19,20). The second kappa shape index (κ2) is 7.38. The lowest BCUT2D eigenvalue weighted by molar-refractivity contribution is 0.0599. The van der Waals surface area contributed by atoms with Gasteiger partial charge in [0.1, 0.15) is 5.82 Å². The number of amides is 1. The first-order valence-electron chi connectivity index (χ1n) is 8.23. The van der Waals surface area contributed by atoms with E-state index in [-0.39, 0.29) is 17.9 Å². The number of aryl methyl sites for hydroxylation is 1. The summed E-state index contributed by atoms with van der Waals surface area (Å²) in [5.41, 5.74) is 1.09. The van der Waals surface area contributed by atoms with Crippen molar-refractivity contribution < 1.29 is 18.7 Å². The van der Waals surface area contributed by atoms with E-state index in [1.54, 1.807) is 36.1 Å². The number of nitrogens with one attached hydrogen (secondary N) is 1. The fraction of sp³-hybridized carbons (Fsp3) is 0.389. The molecule has 1 aliphatic rings. The van der Waals surface area contributed by atoms with Gasteiger partial charge >= 0.3 is 5.97 Å². The number of pyridine rings is 1. The summed E-state index contributed by atoms with van der Waals surface area (Å²) in [7, 11) is 1.35. The Labute approximate surface area is 146 Å². The average Bonchev–Trinajstić information content (AvgIpc) is 3.16. The van der Waals surface area contributed by atoms with Crippen LogP contribution in [0.5, 0.6) is 0 Å². The van der Waals surface area contributed by atoms with Crippen molar-refractivity contribution >= 4 is 17.7 Å². The summed E-state index contributed by atoms with van der Waals surface area (Å²) in [5, 5.41) is 3.38. The maximum Gasteiger partial charge on any atom is 0.339 e. The molecule has 1 amide bonds. The summed E-state index contributed by atoms with van der Waals surface area (Å²) in [6.07, 6.45) is 3.16. The van der Waals surface area contributed by atoms with Crippen LogP contribution in [-0.2, 0) is 4.74 Å². The first-order chi connectivity index (χ1) is 12.1. The average molecular weight is 343 g/mol. The van der Waals surface area contributed by atoms with Crippen molar-refractivity contribution in [2.45, 2.75) is 25.8 Å². The molecule has 0 aromatic carbocycles. The summed E-state index contributed by atoms with van der Waals surface area (Å²) >= 11 is 0. The highest BCUT2D eigenvalue weighted by Crippen LogP contribution is 2.19. The maximum absolute atomic E-state index is 12.3. The van der Waals surface area contributed by atoms with Crippen LogP contribution in [-0.4, -0.2) is 48.0 Å². The summed E-state index contributed by atoms with van der Waals surface area (Å²) in [5.74, 6) is 0.643. The van der Waals surface area contributed by atoms with Crippen LogP contribution in [0.25, 0.3) is 0 Å². The fourth-order valence-electron chi connectivity index (χ4n) is 2.96. The van der Waals surface area contributed by atoms with Crippen LogP contribution in [0.2, 0.25) is 0 Å². The molecule has 1 N–H and O–H groups in total. The molecule has 3 heterocycles. The highest BCUT2D eigenvalue weighted by atomic mass is 16.5. The molecule has 0 aliphatic carbocycles. The Morgan fingerprint density at radius 3 is 2.64 bits per heavy atom. The lowest BCUT2D eigenvalue weighted by atomic mass is 10.0. The number of ether oxygens (including phenoxy) is 1. The van der Waals surface area contributed by atoms with Crippen LogP contribution >= 0.6 is 0 Å². The largest absolute Gasteiger partial charge is 0.465 e.